The summed E-state index contributed by atoms with van der Waals surface area (Å²) >= 11 is 0. The van der Waals surface area contributed by atoms with Crippen LogP contribution >= 0.6 is 0 Å². The van der Waals surface area contributed by atoms with Gasteiger partial charge in [0.25, 0.3) is 5.91 Å². The monoisotopic (exact) mass is 367 g/mol. The molecule has 0 bridgehead atoms. The van der Waals surface area contributed by atoms with Crippen molar-refractivity contribution in [3.8, 4) is 0 Å². The van der Waals surface area contributed by atoms with E-state index >= 15 is 0 Å². The highest BCUT2D eigenvalue weighted by atomic mass is 16.2. The van der Waals surface area contributed by atoms with Gasteiger partial charge in [0.2, 0.25) is 5.95 Å². The normalized spacial score (nSPS) is 14.3. The summed E-state index contributed by atoms with van der Waals surface area (Å²) in [5, 5.41) is 3.17. The summed E-state index contributed by atoms with van der Waals surface area (Å²) in [5.41, 5.74) is 4.44. The summed E-state index contributed by atoms with van der Waals surface area (Å²) in [6.07, 6.45) is 5.45. The molecule has 0 spiro atoms. The Morgan fingerprint density at radius 2 is 1.81 bits per heavy atom. The number of benzene rings is 1. The number of carbonyl (C=O) groups excluding carboxylic acids is 1. The molecule has 2 heterocycles. The van der Waals surface area contributed by atoms with E-state index in [1.165, 1.54) is 16.8 Å². The summed E-state index contributed by atoms with van der Waals surface area (Å²) < 4.78 is 0. The van der Waals surface area contributed by atoms with Crippen LogP contribution in [0.25, 0.3) is 0 Å². The van der Waals surface area contributed by atoms with Crippen molar-refractivity contribution in [1.29, 1.82) is 0 Å². The highest BCUT2D eigenvalue weighted by Gasteiger charge is 2.23. The van der Waals surface area contributed by atoms with Crippen molar-refractivity contribution in [2.24, 2.45) is 0 Å². The summed E-state index contributed by atoms with van der Waals surface area (Å²) in [5.74, 6) is 0.593. The first-order chi connectivity index (χ1) is 13.1. The van der Waals surface area contributed by atoms with E-state index in [1.807, 2.05) is 4.90 Å². The van der Waals surface area contributed by atoms with Crippen LogP contribution in [0.2, 0.25) is 0 Å². The van der Waals surface area contributed by atoms with Gasteiger partial charge in [-0.1, -0.05) is 25.5 Å². The summed E-state index contributed by atoms with van der Waals surface area (Å²) in [6, 6.07) is 6.40. The van der Waals surface area contributed by atoms with Gasteiger partial charge in [0.05, 0.1) is 5.56 Å². The Bertz CT molecular complexity index is 767. The van der Waals surface area contributed by atoms with Crippen molar-refractivity contribution in [2.45, 2.75) is 33.6 Å². The van der Waals surface area contributed by atoms with Crippen molar-refractivity contribution < 1.29 is 4.79 Å². The topological polar surface area (TPSA) is 61.4 Å². The molecule has 0 aliphatic carbocycles. The van der Waals surface area contributed by atoms with Crippen LogP contribution < -0.4 is 10.2 Å². The lowest BCUT2D eigenvalue weighted by Gasteiger charge is -2.37. The van der Waals surface area contributed by atoms with Crippen LogP contribution in [-0.4, -0.2) is 53.5 Å². The minimum absolute atomic E-state index is 0.00993. The van der Waals surface area contributed by atoms with Crippen LogP contribution in [0, 0.1) is 13.8 Å². The number of aryl methyl sites for hydroxylation is 1. The van der Waals surface area contributed by atoms with Crippen LogP contribution in [0.1, 0.15) is 41.3 Å². The maximum Gasteiger partial charge on any atom is 0.257 e. The highest BCUT2D eigenvalue weighted by molar-refractivity contribution is 5.93. The molecule has 0 radical (unpaired) electrons. The number of hydrogen-bond acceptors (Lipinski definition) is 5. The molecule has 144 valence electrons. The second-order valence-electron chi connectivity index (χ2n) is 7.07. The average molecular weight is 367 g/mol. The number of nitrogens with zero attached hydrogens (tertiary/aromatic N) is 4. The van der Waals surface area contributed by atoms with Crippen molar-refractivity contribution in [2.75, 3.05) is 42.9 Å². The predicted octanol–water partition coefficient (Wildman–Crippen LogP) is 3.27. The molecule has 1 saturated heterocycles. The van der Waals surface area contributed by atoms with Crippen molar-refractivity contribution >= 4 is 17.5 Å². The van der Waals surface area contributed by atoms with Gasteiger partial charge in [-0.25, -0.2) is 9.97 Å². The van der Waals surface area contributed by atoms with E-state index < -0.39 is 0 Å². The summed E-state index contributed by atoms with van der Waals surface area (Å²) in [7, 11) is 0. The molecule has 1 amide bonds. The van der Waals surface area contributed by atoms with E-state index in [9.17, 15) is 4.79 Å². The molecule has 1 aromatic heterocycles. The fourth-order valence-corrected chi connectivity index (χ4v) is 3.32. The zero-order valence-electron chi connectivity index (χ0n) is 16.5. The molecule has 1 aliphatic heterocycles. The van der Waals surface area contributed by atoms with E-state index in [0.29, 0.717) is 24.6 Å². The molecule has 1 fully saturated rings. The molecule has 0 saturated carbocycles. The number of carbonyl (C=O) groups is 1. The third-order valence-electron chi connectivity index (χ3n) is 5.20. The second kappa shape index (κ2) is 8.84. The predicted molar refractivity (Wildman–Crippen MR) is 109 cm³/mol. The largest absolute Gasteiger partial charge is 0.368 e. The van der Waals surface area contributed by atoms with E-state index in [1.54, 1.807) is 12.4 Å². The number of anilines is 2. The van der Waals surface area contributed by atoms with Gasteiger partial charge in [-0.3, -0.25) is 4.79 Å². The number of rotatable bonds is 6. The van der Waals surface area contributed by atoms with Crippen LogP contribution in [0.4, 0.5) is 11.6 Å². The fourth-order valence-electron chi connectivity index (χ4n) is 3.32. The van der Waals surface area contributed by atoms with Crippen LogP contribution in [0.3, 0.4) is 0 Å². The van der Waals surface area contributed by atoms with Crippen molar-refractivity contribution in [3.63, 3.8) is 0 Å². The Balaban J connectivity index is 1.57. The molecule has 6 nitrogen and oxygen atoms in total. The Hall–Kier alpha value is -2.63. The highest BCUT2D eigenvalue weighted by Crippen LogP contribution is 2.24. The van der Waals surface area contributed by atoms with Gasteiger partial charge >= 0.3 is 0 Å². The molecular weight excluding hydrogens is 338 g/mol. The Labute approximate surface area is 161 Å². The quantitative estimate of drug-likeness (QED) is 0.794. The maximum absolute atomic E-state index is 12.7. The molecular formula is C21H29N5O. The van der Waals surface area contributed by atoms with Crippen molar-refractivity contribution in [1.82, 2.24) is 14.9 Å². The number of unbranched alkanes of at least 4 members (excludes halogenated alkanes) is 1. The third-order valence-corrected chi connectivity index (χ3v) is 5.20. The van der Waals surface area contributed by atoms with Gasteiger partial charge in [0, 0.05) is 50.8 Å². The number of piperazine rings is 1. The molecule has 1 aliphatic rings. The minimum Gasteiger partial charge on any atom is -0.368 e. The second-order valence-corrected chi connectivity index (χ2v) is 7.07. The zero-order chi connectivity index (χ0) is 19.2. The van der Waals surface area contributed by atoms with Crippen LogP contribution in [0.15, 0.2) is 30.6 Å². The van der Waals surface area contributed by atoms with Gasteiger partial charge < -0.3 is 15.1 Å². The first kappa shape index (κ1) is 19.1. The third kappa shape index (κ3) is 4.56. The fraction of sp³-hybridized carbons (Fsp3) is 0.476. The van der Waals surface area contributed by atoms with Gasteiger partial charge in [-0.15, -0.1) is 0 Å². The van der Waals surface area contributed by atoms with E-state index in [2.05, 4.69) is 59.2 Å². The maximum atomic E-state index is 12.7. The number of amides is 1. The number of aromatic nitrogens is 2. The standard InChI is InChI=1S/C21H29N5O/c1-4-5-9-22-21-23-14-18(15-24-21)20(27)26-12-10-25(11-13-26)19-8-6-7-16(2)17(19)3/h6-8,14-15H,4-5,9-13H2,1-3H3,(H,22,23,24). The Morgan fingerprint density at radius 3 is 2.48 bits per heavy atom. The van der Waals surface area contributed by atoms with Gasteiger partial charge in [0.15, 0.2) is 0 Å². The SMILES string of the molecule is CCCCNc1ncc(C(=O)N2CCN(c3cccc(C)c3C)CC2)cn1. The van der Waals surface area contributed by atoms with Gasteiger partial charge in [0.1, 0.15) is 0 Å². The summed E-state index contributed by atoms with van der Waals surface area (Å²) in [6.45, 7) is 10.4. The van der Waals surface area contributed by atoms with Crippen LogP contribution in [0.5, 0.6) is 0 Å². The molecule has 27 heavy (non-hydrogen) atoms. The molecule has 3 rings (SSSR count). The molecule has 1 aromatic carbocycles. The van der Waals surface area contributed by atoms with E-state index in [-0.39, 0.29) is 5.91 Å². The summed E-state index contributed by atoms with van der Waals surface area (Å²) in [4.78, 5) is 25.5. The Kier molecular flexibility index (Phi) is 6.27. The molecule has 0 unspecified atom stereocenters. The number of hydrogen-bond donors (Lipinski definition) is 1. The van der Waals surface area contributed by atoms with Gasteiger partial charge in [-0.05, 0) is 37.5 Å². The lowest BCUT2D eigenvalue weighted by molar-refractivity contribution is 0.0746. The average Bonchev–Trinajstić information content (AvgIpc) is 2.70. The molecule has 6 heteroatoms. The van der Waals surface area contributed by atoms with Crippen molar-refractivity contribution in [3.05, 3.63) is 47.3 Å². The molecule has 0 atom stereocenters. The minimum atomic E-state index is 0.00993. The molecule has 1 N–H and O–H groups in total. The van der Waals surface area contributed by atoms with Crippen LogP contribution in [-0.2, 0) is 0 Å². The zero-order valence-corrected chi connectivity index (χ0v) is 16.5. The Morgan fingerprint density at radius 1 is 1.11 bits per heavy atom. The lowest BCUT2D eigenvalue weighted by Crippen LogP contribution is -2.49. The van der Waals surface area contributed by atoms with Gasteiger partial charge in [-0.2, -0.15) is 0 Å². The van der Waals surface area contributed by atoms with E-state index in [0.717, 1.165) is 32.5 Å². The molecule has 2 aromatic rings. The smallest absolute Gasteiger partial charge is 0.257 e. The first-order valence-electron chi connectivity index (χ1n) is 9.76. The lowest BCUT2D eigenvalue weighted by atomic mass is 10.1. The first-order valence-corrected chi connectivity index (χ1v) is 9.76. The number of nitrogens with one attached hydrogen (secondary N) is 1. The van der Waals surface area contributed by atoms with E-state index in [4.69, 9.17) is 0 Å².